The lowest BCUT2D eigenvalue weighted by Gasteiger charge is -2.34. The third kappa shape index (κ3) is 2.89. The highest BCUT2D eigenvalue weighted by molar-refractivity contribution is 5.77. The van der Waals surface area contributed by atoms with Crippen LogP contribution >= 0.6 is 0 Å². The number of benzene rings is 2. The van der Waals surface area contributed by atoms with Crippen molar-refractivity contribution >= 4 is 6.02 Å². The summed E-state index contributed by atoms with van der Waals surface area (Å²) in [6.45, 7) is 7.47. The fourth-order valence-corrected chi connectivity index (χ4v) is 3.91. The first-order chi connectivity index (χ1) is 13.3. The number of ether oxygens (including phenoxy) is 3. The molecule has 2 aromatic rings. The third-order valence-corrected chi connectivity index (χ3v) is 5.52. The Morgan fingerprint density at radius 1 is 1.11 bits per heavy atom. The normalized spacial score (nSPS) is 22.8. The Morgan fingerprint density at radius 3 is 2.46 bits per heavy atom. The summed E-state index contributed by atoms with van der Waals surface area (Å²) in [5.41, 5.74) is 8.68. The van der Waals surface area contributed by atoms with E-state index < -0.39 is 5.54 Å². The van der Waals surface area contributed by atoms with Gasteiger partial charge in [-0.2, -0.15) is 0 Å². The molecule has 0 aromatic heterocycles. The van der Waals surface area contributed by atoms with Crippen molar-refractivity contribution in [2.45, 2.75) is 45.1 Å². The smallest absolute Gasteiger partial charge is 0.283 e. The molecule has 1 saturated carbocycles. The summed E-state index contributed by atoms with van der Waals surface area (Å²) in [5, 5.41) is 0. The number of aliphatic imine (C=N–C) groups is 1. The number of nitrogens with zero attached hydrogens (tertiary/aromatic N) is 1. The summed E-state index contributed by atoms with van der Waals surface area (Å²) in [4.78, 5) is 4.77. The second-order valence-electron chi connectivity index (χ2n) is 9.24. The third-order valence-electron chi connectivity index (χ3n) is 5.52. The van der Waals surface area contributed by atoms with E-state index >= 15 is 0 Å². The summed E-state index contributed by atoms with van der Waals surface area (Å²) in [6.07, 6.45) is 2.49. The molecule has 2 N–H and O–H groups in total. The second-order valence-corrected chi connectivity index (χ2v) is 9.24. The zero-order chi connectivity index (χ0) is 19.5. The molecule has 0 amide bonds. The van der Waals surface area contributed by atoms with Crippen molar-refractivity contribution < 1.29 is 14.2 Å². The van der Waals surface area contributed by atoms with Gasteiger partial charge < -0.3 is 19.9 Å². The van der Waals surface area contributed by atoms with Gasteiger partial charge in [0, 0.05) is 11.1 Å². The molecular formula is C23H26N2O3. The van der Waals surface area contributed by atoms with Crippen LogP contribution < -0.4 is 15.2 Å². The molecule has 3 aliphatic rings. The van der Waals surface area contributed by atoms with Gasteiger partial charge in [-0.05, 0) is 60.1 Å². The lowest BCUT2D eigenvalue weighted by Crippen LogP contribution is -2.31. The predicted molar refractivity (Wildman–Crippen MR) is 108 cm³/mol. The SMILES string of the molecule is CC(C)(C)COc1ccc2c(c1)[C@]1(COC(N)=N1)c1cc(C3CC3)ccc1O2. The number of nitrogens with two attached hydrogens (primary N) is 1. The van der Waals surface area contributed by atoms with Gasteiger partial charge in [0.25, 0.3) is 6.02 Å². The van der Waals surface area contributed by atoms with Crippen LogP contribution in [0, 0.1) is 5.41 Å². The highest BCUT2D eigenvalue weighted by atomic mass is 16.5. The van der Waals surface area contributed by atoms with Gasteiger partial charge in [-0.15, -0.1) is 0 Å². The molecule has 2 heterocycles. The molecule has 1 spiro atoms. The van der Waals surface area contributed by atoms with Crippen LogP contribution in [0.15, 0.2) is 41.4 Å². The van der Waals surface area contributed by atoms with Crippen LogP contribution in [-0.2, 0) is 10.3 Å². The van der Waals surface area contributed by atoms with Gasteiger partial charge in [0.1, 0.15) is 23.9 Å². The molecule has 146 valence electrons. The molecule has 0 unspecified atom stereocenters. The van der Waals surface area contributed by atoms with E-state index in [-0.39, 0.29) is 11.4 Å². The van der Waals surface area contributed by atoms with Crippen LogP contribution in [0.4, 0.5) is 0 Å². The second kappa shape index (κ2) is 5.90. The van der Waals surface area contributed by atoms with Gasteiger partial charge >= 0.3 is 0 Å². The van der Waals surface area contributed by atoms with Gasteiger partial charge in [-0.1, -0.05) is 26.8 Å². The molecule has 0 bridgehead atoms. The lowest BCUT2D eigenvalue weighted by atomic mass is 9.80. The van der Waals surface area contributed by atoms with Gasteiger partial charge in [-0.3, -0.25) is 0 Å². The number of hydrogen-bond acceptors (Lipinski definition) is 5. The average Bonchev–Trinajstić information content (AvgIpc) is 3.43. The van der Waals surface area contributed by atoms with Gasteiger partial charge in [-0.25, -0.2) is 4.99 Å². The molecule has 28 heavy (non-hydrogen) atoms. The molecule has 1 atom stereocenters. The fraction of sp³-hybridized carbons (Fsp3) is 0.435. The van der Waals surface area contributed by atoms with Crippen molar-refractivity contribution in [3.05, 3.63) is 53.1 Å². The molecule has 5 nitrogen and oxygen atoms in total. The summed E-state index contributed by atoms with van der Waals surface area (Å²) >= 11 is 0. The standard InChI is InChI=1S/C23H26N2O3/c1-22(2,3)12-26-16-7-9-20-18(11-16)23(13-27-21(24)25-23)17-10-15(14-4-5-14)6-8-19(17)28-20/h6-11,14H,4-5,12-13H2,1-3H3,(H2,24,25)/t23-/m0/s1. The molecule has 1 fully saturated rings. The largest absolute Gasteiger partial charge is 0.493 e. The average molecular weight is 378 g/mol. The topological polar surface area (TPSA) is 66.1 Å². The molecule has 5 heteroatoms. The Kier molecular flexibility index (Phi) is 3.67. The number of amidine groups is 1. The fourth-order valence-electron chi connectivity index (χ4n) is 3.91. The highest BCUT2D eigenvalue weighted by Crippen LogP contribution is 2.53. The number of rotatable bonds is 3. The van der Waals surface area contributed by atoms with E-state index in [0.717, 1.165) is 28.4 Å². The molecule has 0 radical (unpaired) electrons. The van der Waals surface area contributed by atoms with Crippen LogP contribution in [0.1, 0.15) is 56.2 Å². The zero-order valence-corrected chi connectivity index (χ0v) is 16.6. The Bertz CT molecular complexity index is 972. The Morgan fingerprint density at radius 2 is 1.82 bits per heavy atom. The van der Waals surface area contributed by atoms with E-state index in [1.807, 2.05) is 18.2 Å². The van der Waals surface area contributed by atoms with Crippen LogP contribution in [0.25, 0.3) is 0 Å². The molecule has 2 aliphatic heterocycles. The van der Waals surface area contributed by atoms with Crippen molar-refractivity contribution in [1.29, 1.82) is 0 Å². The van der Waals surface area contributed by atoms with Crippen molar-refractivity contribution in [1.82, 2.24) is 0 Å². The Balaban J connectivity index is 1.61. The summed E-state index contributed by atoms with van der Waals surface area (Å²) in [5.74, 6) is 3.05. The van der Waals surface area contributed by atoms with E-state index in [4.69, 9.17) is 24.9 Å². The van der Waals surface area contributed by atoms with Crippen LogP contribution in [0.5, 0.6) is 17.2 Å². The zero-order valence-electron chi connectivity index (χ0n) is 16.6. The number of fused-ring (bicyclic) bond motifs is 4. The van der Waals surface area contributed by atoms with E-state index in [0.29, 0.717) is 19.1 Å². The first-order valence-electron chi connectivity index (χ1n) is 9.92. The van der Waals surface area contributed by atoms with Crippen LogP contribution in [0.3, 0.4) is 0 Å². The Hall–Kier alpha value is -2.69. The highest BCUT2D eigenvalue weighted by Gasteiger charge is 2.47. The minimum absolute atomic E-state index is 0.0783. The maximum atomic E-state index is 6.23. The van der Waals surface area contributed by atoms with E-state index in [9.17, 15) is 0 Å². The van der Waals surface area contributed by atoms with Crippen molar-refractivity contribution in [3.63, 3.8) is 0 Å². The first kappa shape index (κ1) is 17.4. The van der Waals surface area contributed by atoms with Crippen LogP contribution in [-0.4, -0.2) is 19.2 Å². The summed E-state index contributed by atoms with van der Waals surface area (Å²) in [7, 11) is 0. The van der Waals surface area contributed by atoms with E-state index in [2.05, 4.69) is 39.0 Å². The molecular weight excluding hydrogens is 352 g/mol. The van der Waals surface area contributed by atoms with Gasteiger partial charge in [0.05, 0.1) is 6.61 Å². The lowest BCUT2D eigenvalue weighted by molar-refractivity contribution is 0.197. The monoisotopic (exact) mass is 378 g/mol. The molecule has 0 saturated heterocycles. The molecule has 2 aromatic carbocycles. The van der Waals surface area contributed by atoms with Crippen LogP contribution in [0.2, 0.25) is 0 Å². The maximum Gasteiger partial charge on any atom is 0.283 e. The molecule has 5 rings (SSSR count). The van der Waals surface area contributed by atoms with E-state index in [1.54, 1.807) is 0 Å². The van der Waals surface area contributed by atoms with Crippen molar-refractivity contribution in [2.75, 3.05) is 13.2 Å². The predicted octanol–water partition coefficient (Wildman–Crippen LogP) is 4.68. The quantitative estimate of drug-likeness (QED) is 0.842. The molecule has 1 aliphatic carbocycles. The maximum absolute atomic E-state index is 6.23. The summed E-state index contributed by atoms with van der Waals surface area (Å²) in [6, 6.07) is 12.6. The number of hydrogen-bond donors (Lipinski definition) is 1. The van der Waals surface area contributed by atoms with Gasteiger partial charge in [0.15, 0.2) is 5.54 Å². The van der Waals surface area contributed by atoms with Crippen molar-refractivity contribution in [2.24, 2.45) is 16.1 Å². The minimum atomic E-state index is -0.682. The van der Waals surface area contributed by atoms with E-state index in [1.165, 1.54) is 18.4 Å². The first-order valence-corrected chi connectivity index (χ1v) is 9.92. The van der Waals surface area contributed by atoms with Gasteiger partial charge in [0.2, 0.25) is 0 Å². The summed E-state index contributed by atoms with van der Waals surface area (Å²) < 4.78 is 17.9. The van der Waals surface area contributed by atoms with Crippen molar-refractivity contribution in [3.8, 4) is 17.2 Å². The minimum Gasteiger partial charge on any atom is -0.493 e. The Labute approximate surface area is 165 Å².